The zero-order valence-corrected chi connectivity index (χ0v) is 18.5. The van der Waals surface area contributed by atoms with Crippen molar-refractivity contribution in [2.24, 2.45) is 4.99 Å². The Kier molecular flexibility index (Phi) is 4.57. The molecule has 0 unspecified atom stereocenters. The fourth-order valence-electron chi connectivity index (χ4n) is 3.36. The molecule has 7 heteroatoms. The summed E-state index contributed by atoms with van der Waals surface area (Å²) in [6.07, 6.45) is 4.71. The van der Waals surface area contributed by atoms with Gasteiger partial charge in [-0.1, -0.05) is 48.3 Å². The van der Waals surface area contributed by atoms with E-state index in [2.05, 4.69) is 54.2 Å². The molecule has 0 atom stereocenters. The maximum absolute atomic E-state index is 6.19. The zero-order valence-electron chi connectivity index (χ0n) is 14.0. The first kappa shape index (κ1) is 17.5. The predicted octanol–water partition coefficient (Wildman–Crippen LogP) is 5.79. The third-order valence-electron chi connectivity index (χ3n) is 4.56. The number of hydrogen-bond donors (Lipinski definition) is 0. The molecule has 2 aliphatic rings. The fraction of sp³-hybridized carbons (Fsp3) is 0.100. The van der Waals surface area contributed by atoms with Crippen LogP contribution in [0.25, 0.3) is 10.9 Å². The molecule has 3 aromatic rings. The molecule has 5 rings (SSSR count). The van der Waals surface area contributed by atoms with Gasteiger partial charge in [0.15, 0.2) is 5.82 Å². The third kappa shape index (κ3) is 3.23. The Morgan fingerprint density at radius 3 is 2.89 bits per heavy atom. The van der Waals surface area contributed by atoms with Crippen LogP contribution >= 0.6 is 48.3 Å². The summed E-state index contributed by atoms with van der Waals surface area (Å²) in [6.45, 7) is 0.885. The van der Waals surface area contributed by atoms with Gasteiger partial charge in [-0.25, -0.2) is 9.97 Å². The van der Waals surface area contributed by atoms with E-state index in [4.69, 9.17) is 21.6 Å². The Hall–Kier alpha value is -1.64. The van der Waals surface area contributed by atoms with Gasteiger partial charge in [0.25, 0.3) is 0 Å². The average molecular weight is 552 g/mol. The smallest absolute Gasteiger partial charge is 0.169 e. The van der Waals surface area contributed by atoms with E-state index in [0.29, 0.717) is 0 Å². The highest BCUT2D eigenvalue weighted by Gasteiger charge is 2.24. The van der Waals surface area contributed by atoms with E-state index in [1.54, 1.807) is 0 Å². The molecular formula is C20H13BrClIN4. The third-order valence-corrected chi connectivity index (χ3v) is 7.40. The summed E-state index contributed by atoms with van der Waals surface area (Å²) in [7, 11) is 0. The molecule has 0 N–H and O–H groups in total. The van der Waals surface area contributed by atoms with Crippen LogP contribution in [0.4, 0.5) is 11.5 Å². The van der Waals surface area contributed by atoms with Crippen molar-refractivity contribution in [2.45, 2.75) is 6.42 Å². The fourth-order valence-corrected chi connectivity index (χ4v) is 5.48. The Morgan fingerprint density at radius 1 is 1.11 bits per heavy atom. The van der Waals surface area contributed by atoms with E-state index in [-0.39, 0.29) is 20.7 Å². The molecule has 4 nitrogen and oxygen atoms in total. The van der Waals surface area contributed by atoms with Gasteiger partial charge in [-0.2, -0.15) is 0 Å². The molecule has 0 fully saturated rings. The lowest BCUT2D eigenvalue weighted by Gasteiger charge is -2.21. The Bertz CT molecular complexity index is 1170. The zero-order chi connectivity index (χ0) is 18.4. The highest BCUT2D eigenvalue weighted by atomic mass is 127. The van der Waals surface area contributed by atoms with Crippen LogP contribution in [0.2, 0.25) is 5.02 Å². The summed E-state index contributed by atoms with van der Waals surface area (Å²) < 4.78 is 4.28. The van der Waals surface area contributed by atoms with Gasteiger partial charge in [-0.15, -0.1) is 0 Å². The lowest BCUT2D eigenvalue weighted by atomic mass is 10.1. The molecule has 0 spiro atoms. The SMILES string of the molecule is Clc1ccc2c(c1)CCN2c1nc(C2=IC=CN=C2)nc2cc(Br)ccc12. The number of halogens is 3. The summed E-state index contributed by atoms with van der Waals surface area (Å²) in [5.74, 6) is 1.72. The molecule has 0 aliphatic carbocycles. The van der Waals surface area contributed by atoms with Gasteiger partial charge in [0.05, 0.1) is 9.03 Å². The minimum Gasteiger partial charge on any atom is -0.325 e. The van der Waals surface area contributed by atoms with Crippen LogP contribution in [-0.4, -0.2) is 26.2 Å². The second-order valence-electron chi connectivity index (χ2n) is 6.22. The molecule has 2 aromatic carbocycles. The Labute approximate surface area is 179 Å². The second-order valence-corrected chi connectivity index (χ2v) is 10.1. The summed E-state index contributed by atoms with van der Waals surface area (Å²) in [5.41, 5.74) is 3.37. The number of nitrogens with zero attached hydrogens (tertiary/aromatic N) is 4. The van der Waals surface area contributed by atoms with Gasteiger partial charge >= 0.3 is 0 Å². The van der Waals surface area contributed by atoms with Gasteiger partial charge in [0, 0.05) is 39.5 Å². The standard InChI is InChI=1S/C20H13BrClIN4/c21-13-1-3-15-17(10-13)25-19(16-11-24-7-6-23-16)26-20(15)27-8-5-12-9-14(22)2-4-18(12)27/h1-4,6-7,9-11H,5,8H2. The monoisotopic (exact) mass is 550 g/mol. The highest BCUT2D eigenvalue weighted by Crippen LogP contribution is 2.38. The minimum absolute atomic E-state index is 0.264. The molecule has 1 aromatic heterocycles. The minimum atomic E-state index is -0.264. The molecule has 0 saturated heterocycles. The molecule has 0 radical (unpaired) electrons. The van der Waals surface area contributed by atoms with Crippen LogP contribution in [0, 0.1) is 0 Å². The average Bonchev–Trinajstić information content (AvgIpc) is 3.10. The van der Waals surface area contributed by atoms with E-state index in [9.17, 15) is 0 Å². The van der Waals surface area contributed by atoms with Crippen LogP contribution in [0.5, 0.6) is 0 Å². The lowest BCUT2D eigenvalue weighted by Crippen LogP contribution is -2.18. The molecule has 2 aliphatic heterocycles. The van der Waals surface area contributed by atoms with Gasteiger partial charge in [-0.05, 0) is 52.5 Å². The maximum Gasteiger partial charge on any atom is 0.169 e. The van der Waals surface area contributed by atoms with Gasteiger partial charge in [0.2, 0.25) is 0 Å². The number of hydrogen-bond acceptors (Lipinski definition) is 4. The van der Waals surface area contributed by atoms with E-state index in [1.807, 2.05) is 24.5 Å². The van der Waals surface area contributed by atoms with Gasteiger partial charge in [-0.3, -0.25) is 4.99 Å². The highest BCUT2D eigenvalue weighted by molar-refractivity contribution is 14.2. The summed E-state index contributed by atoms with van der Waals surface area (Å²) in [4.78, 5) is 16.4. The van der Waals surface area contributed by atoms with Crippen molar-refractivity contribution in [2.75, 3.05) is 11.4 Å². The predicted molar refractivity (Wildman–Crippen MR) is 125 cm³/mol. The molecule has 3 heterocycles. The van der Waals surface area contributed by atoms with Gasteiger partial charge < -0.3 is 4.90 Å². The largest absolute Gasteiger partial charge is 0.325 e. The summed E-state index contributed by atoms with van der Waals surface area (Å²) in [6, 6.07) is 12.3. The molecule has 0 amide bonds. The maximum atomic E-state index is 6.19. The van der Waals surface area contributed by atoms with Gasteiger partial charge in [0.1, 0.15) is 5.82 Å². The number of aliphatic imine (C=N–C) groups is 1. The second kappa shape index (κ2) is 7.07. The molecular weight excluding hydrogens is 539 g/mol. The summed E-state index contributed by atoms with van der Waals surface area (Å²) >= 11 is 9.49. The van der Waals surface area contributed by atoms with Crippen LogP contribution in [0.1, 0.15) is 11.4 Å². The first-order chi connectivity index (χ1) is 13.2. The molecule has 0 bridgehead atoms. The van der Waals surface area contributed by atoms with Crippen molar-refractivity contribution in [1.82, 2.24) is 9.97 Å². The molecule has 0 saturated carbocycles. The van der Waals surface area contributed by atoms with E-state index < -0.39 is 0 Å². The first-order valence-electron chi connectivity index (χ1n) is 8.41. The van der Waals surface area contributed by atoms with E-state index >= 15 is 0 Å². The van der Waals surface area contributed by atoms with Crippen LogP contribution in [0.15, 0.2) is 56.1 Å². The van der Waals surface area contributed by atoms with Crippen LogP contribution in [0.3, 0.4) is 0 Å². The van der Waals surface area contributed by atoms with Crippen molar-refractivity contribution in [3.8, 4) is 0 Å². The normalized spacial score (nSPS) is 15.6. The molecule has 134 valence electrons. The number of fused-ring (bicyclic) bond motifs is 2. The quantitative estimate of drug-likeness (QED) is 0.379. The van der Waals surface area contributed by atoms with Crippen LogP contribution < -0.4 is 4.90 Å². The number of rotatable bonds is 2. The van der Waals surface area contributed by atoms with Crippen molar-refractivity contribution < 1.29 is 0 Å². The van der Waals surface area contributed by atoms with E-state index in [1.165, 1.54) is 11.3 Å². The number of anilines is 2. The van der Waals surface area contributed by atoms with Crippen molar-refractivity contribution in [1.29, 1.82) is 0 Å². The summed E-state index contributed by atoms with van der Waals surface area (Å²) in [5, 5.41) is 1.82. The Morgan fingerprint density at radius 2 is 2.04 bits per heavy atom. The van der Waals surface area contributed by atoms with Crippen molar-refractivity contribution in [3.63, 3.8) is 0 Å². The van der Waals surface area contributed by atoms with Crippen molar-refractivity contribution >= 4 is 80.4 Å². The Balaban J connectivity index is 1.73. The first-order valence-corrected chi connectivity index (χ1v) is 11.9. The van der Waals surface area contributed by atoms with Crippen LogP contribution in [-0.2, 0) is 6.42 Å². The number of benzene rings is 2. The van der Waals surface area contributed by atoms with Crippen molar-refractivity contribution in [3.05, 3.63) is 67.6 Å². The molecule has 27 heavy (non-hydrogen) atoms. The van der Waals surface area contributed by atoms with E-state index in [0.717, 1.165) is 48.5 Å². The topological polar surface area (TPSA) is 41.4 Å². The lowest BCUT2D eigenvalue weighted by molar-refractivity contribution is 0.972. The number of aromatic nitrogens is 2.